The quantitative estimate of drug-likeness (QED) is 0.820. The van der Waals surface area contributed by atoms with Gasteiger partial charge in [-0.1, -0.05) is 29.8 Å². The SMILES string of the molecule is COc1ccc([C@@H](C)NC(=O)CSc2ccc(C)cc2)cc1. The summed E-state index contributed by atoms with van der Waals surface area (Å²) in [5.74, 6) is 1.27. The fourth-order valence-corrected chi connectivity index (χ4v) is 2.75. The molecule has 0 unspecified atom stereocenters. The van der Waals surface area contributed by atoms with Crippen LogP contribution in [0.3, 0.4) is 0 Å². The van der Waals surface area contributed by atoms with Crippen LogP contribution in [0.15, 0.2) is 53.4 Å². The van der Waals surface area contributed by atoms with Crippen molar-refractivity contribution in [3.8, 4) is 5.75 Å². The monoisotopic (exact) mass is 315 g/mol. The molecule has 1 amide bonds. The van der Waals surface area contributed by atoms with Crippen LogP contribution in [0.2, 0.25) is 0 Å². The molecule has 0 aliphatic carbocycles. The predicted octanol–water partition coefficient (Wildman–Crippen LogP) is 3.97. The average Bonchev–Trinajstić information content (AvgIpc) is 2.54. The van der Waals surface area contributed by atoms with Crippen LogP contribution >= 0.6 is 11.8 Å². The Balaban J connectivity index is 1.83. The van der Waals surface area contributed by atoms with Crippen molar-refractivity contribution < 1.29 is 9.53 Å². The molecule has 0 spiro atoms. The normalized spacial score (nSPS) is 11.8. The average molecular weight is 315 g/mol. The molecule has 1 N–H and O–H groups in total. The molecule has 0 fully saturated rings. The molecule has 116 valence electrons. The molecule has 1 atom stereocenters. The Morgan fingerprint density at radius 3 is 2.36 bits per heavy atom. The molecule has 0 saturated heterocycles. The number of carbonyl (C=O) groups is 1. The van der Waals surface area contributed by atoms with Crippen LogP contribution in [0.1, 0.15) is 24.1 Å². The topological polar surface area (TPSA) is 38.3 Å². The maximum absolute atomic E-state index is 12.0. The number of aryl methyl sites for hydroxylation is 1. The van der Waals surface area contributed by atoms with Gasteiger partial charge in [-0.3, -0.25) is 4.79 Å². The molecule has 0 aliphatic rings. The molecular formula is C18H21NO2S. The third-order valence-corrected chi connectivity index (χ3v) is 4.40. The molecule has 0 heterocycles. The number of amides is 1. The highest BCUT2D eigenvalue weighted by Crippen LogP contribution is 2.20. The van der Waals surface area contributed by atoms with E-state index < -0.39 is 0 Å². The number of carbonyl (C=O) groups excluding carboxylic acids is 1. The van der Waals surface area contributed by atoms with Crippen molar-refractivity contribution in [1.29, 1.82) is 0 Å². The Morgan fingerprint density at radius 2 is 1.77 bits per heavy atom. The fourth-order valence-electron chi connectivity index (χ4n) is 2.04. The van der Waals surface area contributed by atoms with Gasteiger partial charge in [0.1, 0.15) is 5.75 Å². The lowest BCUT2D eigenvalue weighted by Crippen LogP contribution is -2.28. The van der Waals surface area contributed by atoms with Crippen LogP contribution in [-0.2, 0) is 4.79 Å². The van der Waals surface area contributed by atoms with Crippen LogP contribution in [0.4, 0.5) is 0 Å². The van der Waals surface area contributed by atoms with E-state index in [0.29, 0.717) is 5.75 Å². The van der Waals surface area contributed by atoms with Crippen LogP contribution in [-0.4, -0.2) is 18.8 Å². The maximum atomic E-state index is 12.0. The van der Waals surface area contributed by atoms with Crippen molar-refractivity contribution in [3.05, 3.63) is 59.7 Å². The Hall–Kier alpha value is -1.94. The number of rotatable bonds is 6. The van der Waals surface area contributed by atoms with E-state index in [1.54, 1.807) is 18.9 Å². The highest BCUT2D eigenvalue weighted by molar-refractivity contribution is 8.00. The van der Waals surface area contributed by atoms with Gasteiger partial charge in [-0.25, -0.2) is 0 Å². The van der Waals surface area contributed by atoms with E-state index in [-0.39, 0.29) is 11.9 Å². The van der Waals surface area contributed by atoms with Crippen LogP contribution in [0, 0.1) is 6.92 Å². The standard InChI is InChI=1S/C18H21NO2S/c1-13-4-10-17(11-5-13)22-12-18(20)19-14(2)15-6-8-16(21-3)9-7-15/h4-11,14H,12H2,1-3H3,(H,19,20)/t14-/m1/s1. The smallest absolute Gasteiger partial charge is 0.230 e. The number of hydrogen-bond donors (Lipinski definition) is 1. The van der Waals surface area contributed by atoms with Gasteiger partial charge in [0.05, 0.1) is 18.9 Å². The first-order valence-corrected chi connectivity index (χ1v) is 8.20. The summed E-state index contributed by atoms with van der Waals surface area (Å²) >= 11 is 1.55. The van der Waals surface area contributed by atoms with Gasteiger partial charge in [0.2, 0.25) is 5.91 Å². The van der Waals surface area contributed by atoms with Crippen molar-refractivity contribution in [2.45, 2.75) is 24.8 Å². The van der Waals surface area contributed by atoms with Gasteiger partial charge in [-0.2, -0.15) is 0 Å². The first-order chi connectivity index (χ1) is 10.6. The first-order valence-electron chi connectivity index (χ1n) is 7.21. The molecule has 0 bridgehead atoms. The summed E-state index contributed by atoms with van der Waals surface area (Å²) in [6.45, 7) is 4.04. The largest absolute Gasteiger partial charge is 0.497 e. The zero-order chi connectivity index (χ0) is 15.9. The van der Waals surface area contributed by atoms with E-state index in [0.717, 1.165) is 16.2 Å². The van der Waals surface area contributed by atoms with E-state index in [1.165, 1.54) is 5.56 Å². The molecule has 22 heavy (non-hydrogen) atoms. The number of benzene rings is 2. The van der Waals surface area contributed by atoms with Crippen molar-refractivity contribution in [2.75, 3.05) is 12.9 Å². The molecule has 0 aromatic heterocycles. The summed E-state index contributed by atoms with van der Waals surface area (Å²) in [6, 6.07) is 15.9. The number of methoxy groups -OCH3 is 1. The number of nitrogens with one attached hydrogen (secondary N) is 1. The molecule has 0 aliphatic heterocycles. The summed E-state index contributed by atoms with van der Waals surface area (Å²) in [6.07, 6.45) is 0. The minimum atomic E-state index is -0.0166. The molecule has 0 radical (unpaired) electrons. The fraction of sp³-hybridized carbons (Fsp3) is 0.278. The minimum Gasteiger partial charge on any atom is -0.497 e. The molecular weight excluding hydrogens is 294 g/mol. The molecule has 0 saturated carbocycles. The summed E-state index contributed by atoms with van der Waals surface area (Å²) in [4.78, 5) is 13.1. The highest BCUT2D eigenvalue weighted by atomic mass is 32.2. The second-order valence-electron chi connectivity index (χ2n) is 5.16. The molecule has 2 rings (SSSR count). The van der Waals surface area contributed by atoms with E-state index in [4.69, 9.17) is 4.74 Å². The zero-order valence-corrected chi connectivity index (χ0v) is 13.9. The van der Waals surface area contributed by atoms with Crippen molar-refractivity contribution in [3.63, 3.8) is 0 Å². The van der Waals surface area contributed by atoms with E-state index in [9.17, 15) is 4.79 Å². The van der Waals surface area contributed by atoms with E-state index in [1.807, 2.05) is 43.3 Å². The van der Waals surface area contributed by atoms with Crippen LogP contribution < -0.4 is 10.1 Å². The maximum Gasteiger partial charge on any atom is 0.230 e. The number of thioether (sulfide) groups is 1. The number of hydrogen-bond acceptors (Lipinski definition) is 3. The van der Waals surface area contributed by atoms with E-state index >= 15 is 0 Å². The lowest BCUT2D eigenvalue weighted by atomic mass is 10.1. The van der Waals surface area contributed by atoms with Gasteiger partial charge in [0.25, 0.3) is 0 Å². The van der Waals surface area contributed by atoms with Gasteiger partial charge in [-0.15, -0.1) is 11.8 Å². The van der Waals surface area contributed by atoms with Crippen LogP contribution in [0.5, 0.6) is 5.75 Å². The van der Waals surface area contributed by atoms with Crippen LogP contribution in [0.25, 0.3) is 0 Å². The zero-order valence-electron chi connectivity index (χ0n) is 13.1. The van der Waals surface area contributed by atoms with Gasteiger partial charge < -0.3 is 10.1 Å². The van der Waals surface area contributed by atoms with Gasteiger partial charge >= 0.3 is 0 Å². The number of ether oxygens (including phenoxy) is 1. The Bertz CT molecular complexity index is 608. The third-order valence-electron chi connectivity index (χ3n) is 3.38. The van der Waals surface area contributed by atoms with Crippen molar-refractivity contribution in [2.24, 2.45) is 0 Å². The van der Waals surface area contributed by atoms with Gasteiger partial charge in [0, 0.05) is 4.90 Å². The van der Waals surface area contributed by atoms with Crippen molar-refractivity contribution in [1.82, 2.24) is 5.32 Å². The molecule has 2 aromatic rings. The van der Waals surface area contributed by atoms with Gasteiger partial charge in [-0.05, 0) is 43.7 Å². The second-order valence-corrected chi connectivity index (χ2v) is 6.21. The predicted molar refractivity (Wildman–Crippen MR) is 91.5 cm³/mol. The lowest BCUT2D eigenvalue weighted by molar-refractivity contribution is -0.119. The Labute approximate surface area is 136 Å². The Morgan fingerprint density at radius 1 is 1.14 bits per heavy atom. The van der Waals surface area contributed by atoms with Crippen molar-refractivity contribution >= 4 is 17.7 Å². The molecule has 2 aromatic carbocycles. The highest BCUT2D eigenvalue weighted by Gasteiger charge is 2.10. The summed E-state index contributed by atoms with van der Waals surface area (Å²) in [5, 5.41) is 3.01. The first kappa shape index (κ1) is 16.4. The van der Waals surface area contributed by atoms with Gasteiger partial charge in [0.15, 0.2) is 0 Å². The Kier molecular flexibility index (Phi) is 5.90. The van der Waals surface area contributed by atoms with E-state index in [2.05, 4.69) is 24.4 Å². The summed E-state index contributed by atoms with van der Waals surface area (Å²) in [7, 11) is 1.64. The molecule has 3 nitrogen and oxygen atoms in total. The third kappa shape index (κ3) is 4.81. The molecule has 4 heteroatoms. The summed E-state index contributed by atoms with van der Waals surface area (Å²) < 4.78 is 5.14. The summed E-state index contributed by atoms with van der Waals surface area (Å²) in [5.41, 5.74) is 2.29. The minimum absolute atomic E-state index is 0.0166. The lowest BCUT2D eigenvalue weighted by Gasteiger charge is -2.14. The second kappa shape index (κ2) is 7.90.